The first-order chi connectivity index (χ1) is 11.7. The maximum Gasteiger partial charge on any atom is 0.165 e. The van der Waals surface area contributed by atoms with Crippen molar-refractivity contribution in [3.63, 3.8) is 0 Å². The molecule has 4 nitrogen and oxygen atoms in total. The molecule has 1 saturated carbocycles. The Morgan fingerprint density at radius 1 is 1.46 bits per heavy atom. The van der Waals surface area contributed by atoms with Crippen LogP contribution in [0.2, 0.25) is 0 Å². The van der Waals surface area contributed by atoms with Crippen molar-refractivity contribution in [3.8, 4) is 11.5 Å². The van der Waals surface area contributed by atoms with E-state index in [-0.39, 0.29) is 17.6 Å². The highest BCUT2D eigenvalue weighted by molar-refractivity contribution is 5.61. The van der Waals surface area contributed by atoms with Gasteiger partial charge in [-0.1, -0.05) is 12.1 Å². The van der Waals surface area contributed by atoms with Crippen molar-refractivity contribution in [1.29, 1.82) is 0 Å². The first-order valence-corrected chi connectivity index (χ1v) is 9.10. The fourth-order valence-corrected chi connectivity index (χ4v) is 6.14. The van der Waals surface area contributed by atoms with Crippen LogP contribution < -0.4 is 9.47 Å². The van der Waals surface area contributed by atoms with Crippen LogP contribution in [0.25, 0.3) is 0 Å². The Kier molecular flexibility index (Phi) is 3.08. The average molecular weight is 327 g/mol. The summed E-state index contributed by atoms with van der Waals surface area (Å²) in [5.41, 5.74) is 2.71. The van der Waals surface area contributed by atoms with E-state index in [4.69, 9.17) is 9.47 Å². The van der Waals surface area contributed by atoms with Crippen LogP contribution in [0.3, 0.4) is 0 Å². The van der Waals surface area contributed by atoms with Crippen molar-refractivity contribution < 1.29 is 14.6 Å². The highest BCUT2D eigenvalue weighted by Gasteiger charge is 2.65. The van der Waals surface area contributed by atoms with Crippen molar-refractivity contribution in [2.24, 2.45) is 5.92 Å². The second-order valence-corrected chi connectivity index (χ2v) is 7.77. The molecule has 1 N–H and O–H groups in total. The van der Waals surface area contributed by atoms with Crippen LogP contribution in [0.15, 0.2) is 24.8 Å². The van der Waals surface area contributed by atoms with E-state index < -0.39 is 0 Å². The molecule has 128 valence electrons. The molecular formula is C20H25NO3. The van der Waals surface area contributed by atoms with Crippen molar-refractivity contribution in [1.82, 2.24) is 4.90 Å². The first kappa shape index (κ1) is 14.8. The van der Waals surface area contributed by atoms with Gasteiger partial charge in [0.15, 0.2) is 11.5 Å². The molecule has 4 aliphatic rings. The Bertz CT molecular complexity index is 702. The zero-order chi connectivity index (χ0) is 16.5. The third-order valence-corrected chi connectivity index (χ3v) is 6.97. The number of hydrogen-bond acceptors (Lipinski definition) is 4. The minimum atomic E-state index is -0.379. The maximum absolute atomic E-state index is 10.7. The molecule has 2 fully saturated rings. The van der Waals surface area contributed by atoms with Gasteiger partial charge in [0.25, 0.3) is 0 Å². The standard InChI is InChI=1S/C20H25NO3/c1-3-9-21-10-8-20-13-5-6-15(22)19(20)24-18-16(23-2)7-4-12(17(18)20)11-14(13)21/h3-4,7,13-15,19,22H,1,5-6,8-11H2,2H3/t13-,14?,15?,19?,20-/m1/s1. The van der Waals surface area contributed by atoms with Crippen molar-refractivity contribution >= 4 is 0 Å². The fourth-order valence-electron chi connectivity index (χ4n) is 6.14. The fraction of sp³-hybridized carbons (Fsp3) is 0.600. The number of likely N-dealkylation sites (tertiary alicyclic amines) is 1. The Labute approximate surface area is 143 Å². The second-order valence-electron chi connectivity index (χ2n) is 7.77. The van der Waals surface area contributed by atoms with Crippen molar-refractivity contribution in [2.75, 3.05) is 20.2 Å². The van der Waals surface area contributed by atoms with Gasteiger partial charge in [0.2, 0.25) is 0 Å². The Morgan fingerprint density at radius 3 is 3.12 bits per heavy atom. The molecule has 0 radical (unpaired) electrons. The zero-order valence-corrected chi connectivity index (χ0v) is 14.2. The Hall–Kier alpha value is -1.52. The van der Waals surface area contributed by atoms with Gasteiger partial charge < -0.3 is 14.6 Å². The van der Waals surface area contributed by atoms with Crippen LogP contribution >= 0.6 is 0 Å². The summed E-state index contributed by atoms with van der Waals surface area (Å²) in [5.74, 6) is 2.28. The molecule has 2 aliphatic carbocycles. The van der Waals surface area contributed by atoms with Crippen LogP contribution in [0, 0.1) is 5.92 Å². The van der Waals surface area contributed by atoms with Gasteiger partial charge in [-0.25, -0.2) is 0 Å². The van der Waals surface area contributed by atoms with Gasteiger partial charge in [-0.15, -0.1) is 6.58 Å². The van der Waals surface area contributed by atoms with E-state index in [1.54, 1.807) is 7.11 Å². The Balaban J connectivity index is 1.72. The number of aliphatic hydroxyl groups is 1. The number of nitrogens with zero attached hydrogens (tertiary/aromatic N) is 1. The lowest BCUT2D eigenvalue weighted by atomic mass is 9.51. The maximum atomic E-state index is 10.7. The van der Waals surface area contributed by atoms with Crippen LogP contribution in [0.5, 0.6) is 11.5 Å². The number of rotatable bonds is 3. The molecule has 1 aromatic carbocycles. The monoisotopic (exact) mass is 327 g/mol. The molecule has 2 bridgehead atoms. The van der Waals surface area contributed by atoms with E-state index in [0.717, 1.165) is 50.3 Å². The Morgan fingerprint density at radius 2 is 2.33 bits per heavy atom. The van der Waals surface area contributed by atoms with Crippen LogP contribution in [0.4, 0.5) is 0 Å². The molecule has 4 heteroatoms. The highest BCUT2D eigenvalue weighted by atomic mass is 16.5. The summed E-state index contributed by atoms with van der Waals surface area (Å²) in [6, 6.07) is 4.78. The molecule has 5 atom stereocenters. The van der Waals surface area contributed by atoms with E-state index in [1.807, 2.05) is 12.1 Å². The van der Waals surface area contributed by atoms with E-state index in [0.29, 0.717) is 12.0 Å². The highest BCUT2D eigenvalue weighted by Crippen LogP contribution is 2.63. The molecule has 1 aromatic rings. The van der Waals surface area contributed by atoms with Gasteiger partial charge in [0.1, 0.15) is 6.10 Å². The molecule has 5 rings (SSSR count). The lowest BCUT2D eigenvalue weighted by molar-refractivity contribution is -0.102. The predicted octanol–water partition coefficient (Wildman–Crippen LogP) is 2.28. The quantitative estimate of drug-likeness (QED) is 0.865. The molecule has 24 heavy (non-hydrogen) atoms. The van der Waals surface area contributed by atoms with Crippen molar-refractivity contribution in [2.45, 2.75) is 49.3 Å². The van der Waals surface area contributed by atoms with E-state index >= 15 is 0 Å². The number of aliphatic hydroxyl groups excluding tert-OH is 1. The third-order valence-electron chi connectivity index (χ3n) is 6.97. The lowest BCUT2D eigenvalue weighted by Crippen LogP contribution is -2.66. The van der Waals surface area contributed by atoms with Crippen molar-refractivity contribution in [3.05, 3.63) is 35.9 Å². The number of benzene rings is 1. The predicted molar refractivity (Wildman–Crippen MR) is 91.7 cm³/mol. The first-order valence-electron chi connectivity index (χ1n) is 9.10. The lowest BCUT2D eigenvalue weighted by Gasteiger charge is -2.59. The summed E-state index contributed by atoms with van der Waals surface area (Å²) in [5, 5.41) is 10.7. The van der Waals surface area contributed by atoms with Crippen LogP contribution in [-0.2, 0) is 11.8 Å². The van der Waals surface area contributed by atoms with Gasteiger partial charge in [0.05, 0.1) is 13.2 Å². The number of hydrogen-bond donors (Lipinski definition) is 1. The number of piperidine rings is 1. The second kappa shape index (κ2) is 4.99. The summed E-state index contributed by atoms with van der Waals surface area (Å²) >= 11 is 0. The summed E-state index contributed by atoms with van der Waals surface area (Å²) in [6.07, 6.45) is 5.56. The van der Waals surface area contributed by atoms with Gasteiger partial charge in [-0.3, -0.25) is 4.90 Å². The van der Waals surface area contributed by atoms with Crippen LogP contribution in [-0.4, -0.2) is 48.5 Å². The minimum Gasteiger partial charge on any atom is -0.493 e. The third kappa shape index (κ3) is 1.61. The van der Waals surface area contributed by atoms with E-state index in [9.17, 15) is 5.11 Å². The SMILES string of the molecule is C=CCN1CC[C@@]23c4c5ccc(OC)c4OC2C(O)CC[C@@H]3C1C5. The molecule has 2 aliphatic heterocycles. The summed E-state index contributed by atoms with van der Waals surface area (Å²) in [7, 11) is 1.70. The van der Waals surface area contributed by atoms with E-state index in [2.05, 4.69) is 17.5 Å². The normalized spacial score (nSPS) is 39.1. The zero-order valence-electron chi connectivity index (χ0n) is 14.2. The molecule has 3 unspecified atom stereocenters. The molecule has 2 heterocycles. The van der Waals surface area contributed by atoms with Gasteiger partial charge in [0, 0.05) is 23.6 Å². The summed E-state index contributed by atoms with van der Waals surface area (Å²) in [4.78, 5) is 2.59. The average Bonchev–Trinajstić information content (AvgIpc) is 2.94. The largest absolute Gasteiger partial charge is 0.493 e. The van der Waals surface area contributed by atoms with Gasteiger partial charge >= 0.3 is 0 Å². The number of ether oxygens (including phenoxy) is 2. The molecular weight excluding hydrogens is 302 g/mol. The molecule has 1 spiro atoms. The molecule has 0 aromatic heterocycles. The minimum absolute atomic E-state index is 0.0303. The number of methoxy groups -OCH3 is 1. The summed E-state index contributed by atoms with van der Waals surface area (Å²) < 4.78 is 12.0. The summed E-state index contributed by atoms with van der Waals surface area (Å²) in [6.45, 7) is 5.94. The van der Waals surface area contributed by atoms with Gasteiger partial charge in [-0.2, -0.15) is 0 Å². The smallest absolute Gasteiger partial charge is 0.165 e. The van der Waals surface area contributed by atoms with Crippen LogP contribution in [0.1, 0.15) is 30.4 Å². The van der Waals surface area contributed by atoms with Gasteiger partial charge in [-0.05, 0) is 49.8 Å². The molecule has 1 saturated heterocycles. The molecule has 0 amide bonds. The topological polar surface area (TPSA) is 41.9 Å². The van der Waals surface area contributed by atoms with E-state index in [1.165, 1.54) is 11.1 Å².